The second-order valence-corrected chi connectivity index (χ2v) is 21.0. The molecule has 0 aliphatic carbocycles. The normalized spacial score (nSPS) is 14.1. The van der Waals surface area contributed by atoms with E-state index in [0.29, 0.717) is 24.1 Å². The maximum atomic E-state index is 12.8. The standard InChI is InChI=1S/C58H106NO7P/c1-6-8-10-12-14-16-18-20-22-24-26-28-29-30-32-34-36-38-40-42-44-46-48-50-53-63-55-57(56-65-67(61,62)64-54-52-59(3,4)5)66-58(60)51-49-47-45-43-41-39-37-35-33-31-27-25-23-21-19-17-15-13-11-9-7-2/h8,10,14,16,19-22,25-28,57H,6-7,9,11-13,15,17-18,23-24,29-56H2,1-5H3/b10-8-,16-14-,21-19-,22-20-,27-25-,28-26-. The van der Waals surface area contributed by atoms with Gasteiger partial charge in [-0.3, -0.25) is 9.36 Å². The number of hydrogen-bond acceptors (Lipinski definition) is 7. The van der Waals surface area contributed by atoms with Crippen LogP contribution in [-0.2, 0) is 27.9 Å². The van der Waals surface area contributed by atoms with Crippen LogP contribution in [-0.4, -0.2) is 70.7 Å². The number of phosphoric acid groups is 1. The van der Waals surface area contributed by atoms with Gasteiger partial charge >= 0.3 is 5.97 Å². The Morgan fingerprint density at radius 3 is 1.30 bits per heavy atom. The molecule has 0 heterocycles. The fourth-order valence-electron chi connectivity index (χ4n) is 7.51. The van der Waals surface area contributed by atoms with Crippen LogP contribution in [0.3, 0.4) is 0 Å². The summed E-state index contributed by atoms with van der Waals surface area (Å²) >= 11 is 0. The molecule has 0 aliphatic heterocycles. The first kappa shape index (κ1) is 64.9. The lowest BCUT2D eigenvalue weighted by molar-refractivity contribution is -0.870. The van der Waals surface area contributed by atoms with E-state index >= 15 is 0 Å². The molecule has 0 rings (SSSR count). The summed E-state index contributed by atoms with van der Waals surface area (Å²) < 4.78 is 34.8. The van der Waals surface area contributed by atoms with Crippen LogP contribution in [0.5, 0.6) is 0 Å². The number of ether oxygens (including phenoxy) is 2. The average molecular weight is 960 g/mol. The van der Waals surface area contributed by atoms with Gasteiger partial charge in [-0.15, -0.1) is 0 Å². The van der Waals surface area contributed by atoms with Crippen molar-refractivity contribution in [3.05, 3.63) is 72.9 Å². The Morgan fingerprint density at radius 2 is 0.866 bits per heavy atom. The van der Waals surface area contributed by atoms with Gasteiger partial charge in [0.05, 0.1) is 34.4 Å². The van der Waals surface area contributed by atoms with Crippen molar-refractivity contribution < 1.29 is 37.3 Å². The third-order valence-electron chi connectivity index (χ3n) is 11.7. The van der Waals surface area contributed by atoms with E-state index in [9.17, 15) is 14.3 Å². The molecule has 0 N–H and O–H groups in total. The van der Waals surface area contributed by atoms with Crippen LogP contribution in [0.15, 0.2) is 72.9 Å². The molecule has 2 atom stereocenters. The molecule has 8 nitrogen and oxygen atoms in total. The molecule has 9 heteroatoms. The number of quaternary nitrogens is 1. The first-order valence-corrected chi connectivity index (χ1v) is 29.1. The van der Waals surface area contributed by atoms with Gasteiger partial charge < -0.3 is 27.9 Å². The van der Waals surface area contributed by atoms with Crippen LogP contribution in [0, 0.1) is 0 Å². The van der Waals surface area contributed by atoms with Crippen molar-refractivity contribution >= 4 is 13.8 Å². The number of rotatable bonds is 51. The van der Waals surface area contributed by atoms with Crippen molar-refractivity contribution in [2.24, 2.45) is 0 Å². The fourth-order valence-corrected chi connectivity index (χ4v) is 8.24. The van der Waals surface area contributed by atoms with E-state index in [1.807, 2.05) is 21.1 Å². The topological polar surface area (TPSA) is 94.1 Å². The number of unbranched alkanes of at least 4 members (excludes halogenated alkanes) is 25. The second kappa shape index (κ2) is 50.3. The molecule has 0 fully saturated rings. The summed E-state index contributed by atoms with van der Waals surface area (Å²) in [5, 5.41) is 0. The van der Waals surface area contributed by atoms with Crippen LogP contribution in [0.25, 0.3) is 0 Å². The van der Waals surface area contributed by atoms with Crippen LogP contribution in [0.4, 0.5) is 0 Å². The summed E-state index contributed by atoms with van der Waals surface area (Å²) in [4.78, 5) is 25.2. The van der Waals surface area contributed by atoms with Gasteiger partial charge in [-0.1, -0.05) is 215 Å². The minimum absolute atomic E-state index is 0.0221. The second-order valence-electron chi connectivity index (χ2n) is 19.6. The van der Waals surface area contributed by atoms with E-state index in [4.69, 9.17) is 18.5 Å². The molecule has 0 saturated heterocycles. The van der Waals surface area contributed by atoms with Crippen LogP contribution in [0.1, 0.15) is 232 Å². The minimum Gasteiger partial charge on any atom is -0.756 e. The van der Waals surface area contributed by atoms with E-state index < -0.39 is 13.9 Å². The highest BCUT2D eigenvalue weighted by atomic mass is 31.2. The Kier molecular flexibility index (Phi) is 48.8. The van der Waals surface area contributed by atoms with Gasteiger partial charge in [0.25, 0.3) is 7.82 Å². The molecule has 0 amide bonds. The first-order chi connectivity index (χ1) is 32.6. The maximum absolute atomic E-state index is 12.8. The summed E-state index contributed by atoms with van der Waals surface area (Å²) in [5.41, 5.74) is 0. The van der Waals surface area contributed by atoms with Crippen LogP contribution < -0.4 is 4.89 Å². The van der Waals surface area contributed by atoms with E-state index in [0.717, 1.165) is 64.2 Å². The van der Waals surface area contributed by atoms with Gasteiger partial charge in [0, 0.05) is 13.0 Å². The van der Waals surface area contributed by atoms with E-state index in [1.54, 1.807) is 0 Å². The lowest BCUT2D eigenvalue weighted by Gasteiger charge is -2.28. The smallest absolute Gasteiger partial charge is 0.306 e. The summed E-state index contributed by atoms with van der Waals surface area (Å²) in [5.74, 6) is -0.339. The van der Waals surface area contributed by atoms with Gasteiger partial charge in [-0.25, -0.2) is 0 Å². The van der Waals surface area contributed by atoms with Gasteiger partial charge in [-0.05, 0) is 83.5 Å². The molecule has 0 saturated carbocycles. The maximum Gasteiger partial charge on any atom is 0.306 e. The predicted molar refractivity (Wildman–Crippen MR) is 286 cm³/mol. The Hall–Kier alpha value is -2.06. The molecule has 0 aliphatic rings. The molecule has 0 aromatic rings. The Labute approximate surface area is 414 Å². The third-order valence-corrected chi connectivity index (χ3v) is 12.7. The molecule has 2 unspecified atom stereocenters. The number of likely N-dealkylation sites (N-methyl/N-ethyl adjacent to an activating group) is 1. The predicted octanol–water partition coefficient (Wildman–Crippen LogP) is 16.8. The quantitative estimate of drug-likeness (QED) is 0.0197. The van der Waals surface area contributed by atoms with Gasteiger partial charge in [-0.2, -0.15) is 0 Å². The van der Waals surface area contributed by atoms with Crippen molar-refractivity contribution in [1.29, 1.82) is 0 Å². The molecular weight excluding hydrogens is 854 g/mol. The molecule has 0 aromatic carbocycles. The Morgan fingerprint density at radius 1 is 0.478 bits per heavy atom. The Balaban J connectivity index is 4.12. The highest BCUT2D eigenvalue weighted by Gasteiger charge is 2.20. The molecule has 67 heavy (non-hydrogen) atoms. The Bertz CT molecular complexity index is 1300. The highest BCUT2D eigenvalue weighted by Crippen LogP contribution is 2.38. The number of esters is 1. The molecule has 0 aromatic heterocycles. The van der Waals surface area contributed by atoms with Gasteiger partial charge in [0.2, 0.25) is 0 Å². The van der Waals surface area contributed by atoms with Crippen molar-refractivity contribution in [1.82, 2.24) is 0 Å². The number of nitrogens with zero attached hydrogens (tertiary/aromatic N) is 1. The number of carbonyl (C=O) groups excluding carboxylic acids is 1. The fraction of sp³-hybridized carbons (Fsp3) is 0.776. The van der Waals surface area contributed by atoms with E-state index in [-0.39, 0.29) is 25.8 Å². The largest absolute Gasteiger partial charge is 0.756 e. The molecule has 0 spiro atoms. The van der Waals surface area contributed by atoms with Crippen molar-refractivity contribution in [3.8, 4) is 0 Å². The van der Waals surface area contributed by atoms with Gasteiger partial charge in [0.15, 0.2) is 0 Å². The molecule has 390 valence electrons. The summed E-state index contributed by atoms with van der Waals surface area (Å²) in [6.45, 7) is 5.29. The van der Waals surface area contributed by atoms with Crippen molar-refractivity contribution in [2.45, 2.75) is 238 Å². The van der Waals surface area contributed by atoms with Gasteiger partial charge in [0.1, 0.15) is 19.3 Å². The lowest BCUT2D eigenvalue weighted by Crippen LogP contribution is -2.37. The monoisotopic (exact) mass is 960 g/mol. The van der Waals surface area contributed by atoms with Crippen molar-refractivity contribution in [3.63, 3.8) is 0 Å². The third kappa shape index (κ3) is 54.7. The van der Waals surface area contributed by atoms with Crippen LogP contribution >= 0.6 is 7.82 Å². The van der Waals surface area contributed by atoms with E-state index in [1.165, 1.54) is 148 Å². The first-order valence-electron chi connectivity index (χ1n) is 27.7. The van der Waals surface area contributed by atoms with Crippen molar-refractivity contribution in [2.75, 3.05) is 54.1 Å². The number of phosphoric ester groups is 1. The summed E-state index contributed by atoms with van der Waals surface area (Å²) in [6, 6.07) is 0. The summed E-state index contributed by atoms with van der Waals surface area (Å²) in [7, 11) is 1.35. The lowest BCUT2D eigenvalue weighted by atomic mass is 10.1. The zero-order valence-electron chi connectivity index (χ0n) is 44.3. The zero-order chi connectivity index (χ0) is 49.0. The number of carbonyl (C=O) groups is 1. The summed E-state index contributed by atoms with van der Waals surface area (Å²) in [6.07, 6.45) is 66.4. The number of allylic oxidation sites excluding steroid dienone is 12. The molecule has 0 radical (unpaired) electrons. The SMILES string of the molecule is CC/C=C\C/C=C\C/C=C\C/C=C\CCCCCCCCCCCCCOCC(COP(=O)([O-])OCC[N+](C)(C)C)OC(=O)CCCCCCCCCCC/C=C\C/C=C\CCCCCCC. The number of hydrogen-bond donors (Lipinski definition) is 0. The average Bonchev–Trinajstić information content (AvgIpc) is 3.29. The zero-order valence-corrected chi connectivity index (χ0v) is 45.2. The van der Waals surface area contributed by atoms with E-state index in [2.05, 4.69) is 86.8 Å². The highest BCUT2D eigenvalue weighted by molar-refractivity contribution is 7.45. The minimum atomic E-state index is -4.54. The van der Waals surface area contributed by atoms with Crippen LogP contribution in [0.2, 0.25) is 0 Å². The molecule has 0 bridgehead atoms. The molecular formula is C58H106NO7P.